The lowest BCUT2D eigenvalue weighted by molar-refractivity contribution is -0.127. The minimum absolute atomic E-state index is 0.0943. The van der Waals surface area contributed by atoms with Crippen molar-refractivity contribution in [3.63, 3.8) is 0 Å². The lowest BCUT2D eigenvalue weighted by Gasteiger charge is -2.36. The van der Waals surface area contributed by atoms with Crippen molar-refractivity contribution in [3.8, 4) is 0 Å². The fourth-order valence-corrected chi connectivity index (χ4v) is 3.30. The number of hydrogen-bond acceptors (Lipinski definition) is 3. The van der Waals surface area contributed by atoms with Crippen molar-refractivity contribution in [2.75, 3.05) is 0 Å². The summed E-state index contributed by atoms with van der Waals surface area (Å²) in [5, 5.41) is 3.08. The first-order valence-corrected chi connectivity index (χ1v) is 8.85. The Morgan fingerprint density at radius 3 is 2.52 bits per heavy atom. The highest BCUT2D eigenvalue weighted by Crippen LogP contribution is 2.25. The summed E-state index contributed by atoms with van der Waals surface area (Å²) in [6.07, 6.45) is 3.74. The van der Waals surface area contributed by atoms with E-state index in [2.05, 4.69) is 19.2 Å². The lowest BCUT2D eigenvalue weighted by Crippen LogP contribution is -2.54. The van der Waals surface area contributed by atoms with Crippen molar-refractivity contribution in [1.29, 1.82) is 0 Å². The summed E-state index contributed by atoms with van der Waals surface area (Å²) in [6, 6.07) is 10.9. The molecule has 1 aromatic carbocycles. The van der Waals surface area contributed by atoms with Gasteiger partial charge in [-0.1, -0.05) is 38.1 Å². The van der Waals surface area contributed by atoms with Crippen molar-refractivity contribution in [3.05, 3.63) is 59.5 Å². The van der Waals surface area contributed by atoms with Gasteiger partial charge >= 0.3 is 0 Å². The normalized spacial score (nSPS) is 16.6. The summed E-state index contributed by atoms with van der Waals surface area (Å²) in [6.45, 7) is 4.52. The number of nitrogens with zero attached hydrogens (tertiary/aromatic N) is 1. The van der Waals surface area contributed by atoms with Gasteiger partial charge in [-0.25, -0.2) is 0 Å². The van der Waals surface area contributed by atoms with Crippen LogP contribution in [0.25, 0.3) is 0 Å². The number of carbonyl (C=O) groups excluding carboxylic acids is 2. The van der Waals surface area contributed by atoms with Crippen molar-refractivity contribution in [1.82, 2.24) is 10.2 Å². The molecule has 0 aliphatic carbocycles. The number of carbonyl (C=O) groups is 2. The Balaban J connectivity index is 1.89. The van der Waals surface area contributed by atoms with Crippen LogP contribution in [0.15, 0.2) is 47.1 Å². The molecule has 1 aliphatic rings. The second-order valence-electron chi connectivity index (χ2n) is 6.42. The predicted molar refractivity (Wildman–Crippen MR) is 95.0 cm³/mol. The standard InChI is InChI=1S/C20H24N2O3/c1-3-16(4-2)21-19(23)17-12-14-8-5-6-9-15(14)13-22(17)20(24)18-10-7-11-25-18/h5-11,16-17H,3-4,12-13H2,1-2H3,(H,21,23). The summed E-state index contributed by atoms with van der Waals surface area (Å²) in [5.74, 6) is -0.0768. The summed E-state index contributed by atoms with van der Waals surface area (Å²) in [7, 11) is 0. The molecule has 0 spiro atoms. The molecule has 25 heavy (non-hydrogen) atoms. The van der Waals surface area contributed by atoms with E-state index in [0.29, 0.717) is 13.0 Å². The summed E-state index contributed by atoms with van der Waals surface area (Å²) in [4.78, 5) is 27.4. The van der Waals surface area contributed by atoms with Crippen molar-refractivity contribution < 1.29 is 14.0 Å². The van der Waals surface area contributed by atoms with Crippen LogP contribution < -0.4 is 5.32 Å². The highest BCUT2D eigenvalue weighted by Gasteiger charge is 2.36. The summed E-state index contributed by atoms with van der Waals surface area (Å²) < 4.78 is 5.27. The van der Waals surface area contributed by atoms with E-state index in [4.69, 9.17) is 4.42 Å². The van der Waals surface area contributed by atoms with Gasteiger partial charge in [0.05, 0.1) is 6.26 Å². The fraction of sp³-hybridized carbons (Fsp3) is 0.400. The molecule has 2 heterocycles. The van der Waals surface area contributed by atoms with E-state index in [-0.39, 0.29) is 23.6 Å². The molecule has 3 rings (SSSR count). The zero-order chi connectivity index (χ0) is 17.8. The molecule has 1 N–H and O–H groups in total. The highest BCUT2D eigenvalue weighted by molar-refractivity contribution is 5.96. The Morgan fingerprint density at radius 1 is 1.16 bits per heavy atom. The van der Waals surface area contributed by atoms with Gasteiger partial charge in [-0.15, -0.1) is 0 Å². The Morgan fingerprint density at radius 2 is 1.88 bits per heavy atom. The van der Waals surface area contributed by atoms with Gasteiger partial charge in [-0.2, -0.15) is 0 Å². The van der Waals surface area contributed by atoms with E-state index in [1.54, 1.807) is 17.0 Å². The Labute approximate surface area is 148 Å². The van der Waals surface area contributed by atoms with Gasteiger partial charge in [0.1, 0.15) is 6.04 Å². The van der Waals surface area contributed by atoms with E-state index in [1.807, 2.05) is 24.3 Å². The van der Waals surface area contributed by atoms with Gasteiger partial charge < -0.3 is 14.6 Å². The Kier molecular flexibility index (Phi) is 5.22. The molecule has 5 heteroatoms. The fourth-order valence-electron chi connectivity index (χ4n) is 3.30. The summed E-state index contributed by atoms with van der Waals surface area (Å²) in [5.41, 5.74) is 2.20. The molecule has 2 amide bonds. The smallest absolute Gasteiger partial charge is 0.290 e. The molecular formula is C20H24N2O3. The van der Waals surface area contributed by atoms with Crippen molar-refractivity contribution >= 4 is 11.8 Å². The molecular weight excluding hydrogens is 316 g/mol. The molecule has 1 aromatic heterocycles. The van der Waals surface area contributed by atoms with Crippen molar-refractivity contribution in [2.45, 2.75) is 51.7 Å². The molecule has 0 bridgehead atoms. The van der Waals surface area contributed by atoms with E-state index in [9.17, 15) is 9.59 Å². The maximum Gasteiger partial charge on any atom is 0.290 e. The molecule has 0 radical (unpaired) electrons. The quantitative estimate of drug-likeness (QED) is 0.909. The topological polar surface area (TPSA) is 62.6 Å². The molecule has 0 fully saturated rings. The van der Waals surface area contributed by atoms with Gasteiger partial charge in [0.15, 0.2) is 5.76 Å². The van der Waals surface area contributed by atoms with Crippen LogP contribution >= 0.6 is 0 Å². The molecule has 0 saturated carbocycles. The third-order valence-electron chi connectivity index (χ3n) is 4.88. The van der Waals surface area contributed by atoms with E-state index >= 15 is 0 Å². The van der Waals surface area contributed by atoms with E-state index in [1.165, 1.54) is 6.26 Å². The zero-order valence-electron chi connectivity index (χ0n) is 14.7. The van der Waals surface area contributed by atoms with Gasteiger partial charge in [-0.05, 0) is 36.1 Å². The minimum Gasteiger partial charge on any atom is -0.459 e. The molecule has 5 nitrogen and oxygen atoms in total. The minimum atomic E-state index is -0.520. The number of hydrogen-bond donors (Lipinski definition) is 1. The maximum absolute atomic E-state index is 12.9. The van der Waals surface area contributed by atoms with Crippen LogP contribution in [0.2, 0.25) is 0 Å². The number of amides is 2. The molecule has 1 unspecified atom stereocenters. The van der Waals surface area contributed by atoms with Crippen LogP contribution in [0.1, 0.15) is 48.4 Å². The second-order valence-corrected chi connectivity index (χ2v) is 6.42. The van der Waals surface area contributed by atoms with Gasteiger partial charge in [0.25, 0.3) is 5.91 Å². The van der Waals surface area contributed by atoms with Crippen LogP contribution in [-0.4, -0.2) is 28.8 Å². The molecule has 0 saturated heterocycles. The van der Waals surface area contributed by atoms with E-state index < -0.39 is 6.04 Å². The predicted octanol–water partition coefficient (Wildman–Crippen LogP) is 3.15. The van der Waals surface area contributed by atoms with Crippen LogP contribution in [0.3, 0.4) is 0 Å². The second kappa shape index (κ2) is 7.55. The van der Waals surface area contributed by atoms with Gasteiger partial charge in [0, 0.05) is 19.0 Å². The van der Waals surface area contributed by atoms with E-state index in [0.717, 1.165) is 24.0 Å². The van der Waals surface area contributed by atoms with Crippen molar-refractivity contribution in [2.24, 2.45) is 0 Å². The van der Waals surface area contributed by atoms with Gasteiger partial charge in [-0.3, -0.25) is 9.59 Å². The number of benzene rings is 1. The van der Waals surface area contributed by atoms with Crippen LogP contribution in [0, 0.1) is 0 Å². The Hall–Kier alpha value is -2.56. The third-order valence-corrected chi connectivity index (χ3v) is 4.88. The van der Waals surface area contributed by atoms with Crippen LogP contribution in [-0.2, 0) is 17.8 Å². The summed E-state index contributed by atoms with van der Waals surface area (Å²) >= 11 is 0. The molecule has 1 aliphatic heterocycles. The molecule has 132 valence electrons. The maximum atomic E-state index is 12.9. The SMILES string of the molecule is CCC(CC)NC(=O)C1Cc2ccccc2CN1C(=O)c1ccco1. The van der Waals surface area contributed by atoms with Crippen LogP contribution in [0.4, 0.5) is 0 Å². The molecule has 2 aromatic rings. The number of rotatable bonds is 5. The molecule has 1 atom stereocenters. The lowest BCUT2D eigenvalue weighted by atomic mass is 9.93. The third kappa shape index (κ3) is 3.60. The Bertz CT molecular complexity index is 735. The van der Waals surface area contributed by atoms with Gasteiger partial charge in [0.2, 0.25) is 5.91 Å². The highest BCUT2D eigenvalue weighted by atomic mass is 16.3. The monoisotopic (exact) mass is 340 g/mol. The number of furan rings is 1. The largest absolute Gasteiger partial charge is 0.459 e. The number of fused-ring (bicyclic) bond motifs is 1. The first kappa shape index (κ1) is 17.3. The first-order valence-electron chi connectivity index (χ1n) is 8.85. The number of nitrogens with one attached hydrogen (secondary N) is 1. The zero-order valence-corrected chi connectivity index (χ0v) is 14.7. The first-order chi connectivity index (χ1) is 12.1. The average Bonchev–Trinajstić information content (AvgIpc) is 3.19. The van der Waals surface area contributed by atoms with Crippen LogP contribution in [0.5, 0.6) is 0 Å². The average molecular weight is 340 g/mol.